The predicted molar refractivity (Wildman–Crippen MR) is 84.2 cm³/mol. The van der Waals surface area contributed by atoms with Gasteiger partial charge in [-0.25, -0.2) is 0 Å². The lowest BCUT2D eigenvalue weighted by atomic mass is 9.96. The van der Waals surface area contributed by atoms with Crippen LogP contribution in [0.3, 0.4) is 0 Å². The van der Waals surface area contributed by atoms with Gasteiger partial charge in [-0.2, -0.15) is 26.3 Å². The molecule has 28 heavy (non-hydrogen) atoms. The summed E-state index contributed by atoms with van der Waals surface area (Å²) in [6.07, 6.45) is -10.7. The highest BCUT2D eigenvalue weighted by Crippen LogP contribution is 2.21. The van der Waals surface area contributed by atoms with Crippen LogP contribution in [0.25, 0.3) is 0 Å². The number of hydrogen-bond acceptors (Lipinski definition) is 3. The first-order valence-corrected chi connectivity index (χ1v) is 7.77. The molecule has 0 saturated carbocycles. The van der Waals surface area contributed by atoms with Crippen LogP contribution in [0.2, 0.25) is 0 Å². The van der Waals surface area contributed by atoms with Crippen molar-refractivity contribution in [2.75, 3.05) is 5.32 Å². The van der Waals surface area contributed by atoms with E-state index in [1.807, 2.05) is 0 Å². The van der Waals surface area contributed by atoms with Crippen LogP contribution in [-0.4, -0.2) is 41.3 Å². The van der Waals surface area contributed by atoms with Crippen molar-refractivity contribution in [1.82, 2.24) is 5.32 Å². The summed E-state index contributed by atoms with van der Waals surface area (Å²) in [4.78, 5) is 32.9. The Bertz CT molecular complexity index is 715. The maximum atomic E-state index is 12.5. The first-order chi connectivity index (χ1) is 12.7. The number of carboxylic acids is 1. The smallest absolute Gasteiger partial charge is 0.471 e. The molecule has 1 aromatic carbocycles. The zero-order chi connectivity index (χ0) is 21.7. The van der Waals surface area contributed by atoms with Gasteiger partial charge < -0.3 is 15.7 Å². The lowest BCUT2D eigenvalue weighted by Crippen LogP contribution is -2.45. The third-order valence-corrected chi connectivity index (χ3v) is 3.60. The Morgan fingerprint density at radius 1 is 0.964 bits per heavy atom. The van der Waals surface area contributed by atoms with Crippen LogP contribution in [0.1, 0.15) is 18.9 Å². The van der Waals surface area contributed by atoms with Crippen LogP contribution in [-0.2, 0) is 20.8 Å². The number of carboxylic acid groups (broad SMARTS) is 1. The molecule has 1 aromatic rings. The van der Waals surface area contributed by atoms with Gasteiger partial charge in [-0.3, -0.25) is 14.4 Å². The van der Waals surface area contributed by atoms with Gasteiger partial charge in [-0.1, -0.05) is 19.1 Å². The van der Waals surface area contributed by atoms with E-state index in [1.165, 1.54) is 19.1 Å². The molecule has 0 unspecified atom stereocenters. The largest absolute Gasteiger partial charge is 0.481 e. The minimum atomic E-state index is -5.16. The molecule has 12 heteroatoms. The number of aliphatic carboxylic acids is 1. The summed E-state index contributed by atoms with van der Waals surface area (Å²) in [6, 6.07) is 3.49. The predicted octanol–water partition coefficient (Wildman–Crippen LogP) is 2.89. The van der Waals surface area contributed by atoms with E-state index < -0.39 is 42.1 Å². The van der Waals surface area contributed by atoms with Crippen molar-refractivity contribution in [3.63, 3.8) is 0 Å². The molecule has 0 spiro atoms. The molecular weight excluding hydrogens is 398 g/mol. The molecule has 0 saturated heterocycles. The first-order valence-electron chi connectivity index (χ1n) is 7.77. The molecule has 0 bridgehead atoms. The number of benzene rings is 1. The summed E-state index contributed by atoms with van der Waals surface area (Å²) >= 11 is 0. The highest BCUT2D eigenvalue weighted by molar-refractivity contribution is 5.94. The van der Waals surface area contributed by atoms with E-state index in [2.05, 4.69) is 0 Å². The Hall–Kier alpha value is -2.79. The molecule has 0 fully saturated rings. The molecule has 6 nitrogen and oxygen atoms in total. The molecule has 0 heterocycles. The monoisotopic (exact) mass is 414 g/mol. The van der Waals surface area contributed by atoms with Gasteiger partial charge in [-0.05, 0) is 30.5 Å². The number of alkyl halides is 6. The third kappa shape index (κ3) is 7.45. The van der Waals surface area contributed by atoms with Crippen molar-refractivity contribution < 1.29 is 45.8 Å². The van der Waals surface area contributed by atoms with Gasteiger partial charge in [0.1, 0.15) is 0 Å². The van der Waals surface area contributed by atoms with E-state index in [1.54, 1.807) is 10.6 Å². The quantitative estimate of drug-likeness (QED) is 0.598. The standard InChI is InChI=1S/C16H16F6N2O4/c1-8(12(25)26)6-11(24-14(28)16(20,21)22)7-9-2-4-10(5-3-9)23-13(27)15(17,18)19/h2-5,8,11H,6-7H2,1H3,(H,23,27)(H,24,28)(H,25,26)/t8-,11+/m0/s1. The molecule has 0 aromatic heterocycles. The van der Waals surface area contributed by atoms with Gasteiger partial charge in [0.25, 0.3) is 0 Å². The number of rotatable bonds is 7. The first kappa shape index (κ1) is 23.2. The van der Waals surface area contributed by atoms with E-state index in [4.69, 9.17) is 5.11 Å². The van der Waals surface area contributed by atoms with E-state index in [0.717, 1.165) is 12.1 Å². The highest BCUT2D eigenvalue weighted by atomic mass is 19.4. The number of amides is 2. The van der Waals surface area contributed by atoms with Crippen LogP contribution in [0.5, 0.6) is 0 Å². The summed E-state index contributed by atoms with van der Waals surface area (Å²) in [7, 11) is 0. The van der Waals surface area contributed by atoms with E-state index in [9.17, 15) is 40.7 Å². The van der Waals surface area contributed by atoms with Crippen LogP contribution in [0.15, 0.2) is 24.3 Å². The fourth-order valence-electron chi connectivity index (χ4n) is 2.20. The minimum absolute atomic E-state index is 0.194. The Kier molecular flexibility index (Phi) is 7.42. The van der Waals surface area contributed by atoms with Gasteiger partial charge in [0.05, 0.1) is 5.92 Å². The van der Waals surface area contributed by atoms with Crippen LogP contribution >= 0.6 is 0 Å². The summed E-state index contributed by atoms with van der Waals surface area (Å²) < 4.78 is 74.0. The Balaban J connectivity index is 2.88. The average Bonchev–Trinajstić information content (AvgIpc) is 2.54. The Morgan fingerprint density at radius 3 is 1.89 bits per heavy atom. The third-order valence-electron chi connectivity index (χ3n) is 3.60. The van der Waals surface area contributed by atoms with Gasteiger partial charge in [0.15, 0.2) is 0 Å². The maximum Gasteiger partial charge on any atom is 0.471 e. The molecule has 1 rings (SSSR count). The van der Waals surface area contributed by atoms with Gasteiger partial charge in [0.2, 0.25) is 0 Å². The molecular formula is C16H16F6N2O4. The van der Waals surface area contributed by atoms with E-state index >= 15 is 0 Å². The van der Waals surface area contributed by atoms with E-state index in [0.29, 0.717) is 5.56 Å². The minimum Gasteiger partial charge on any atom is -0.481 e. The molecule has 3 N–H and O–H groups in total. The van der Waals surface area contributed by atoms with Crippen molar-refractivity contribution in [3.05, 3.63) is 29.8 Å². The molecule has 156 valence electrons. The highest BCUT2D eigenvalue weighted by Gasteiger charge is 2.40. The second kappa shape index (κ2) is 8.93. The molecule has 0 radical (unpaired) electrons. The number of nitrogens with one attached hydrogen (secondary N) is 2. The SMILES string of the molecule is C[C@@H](C[C@H](Cc1ccc(NC(=O)C(F)(F)F)cc1)NC(=O)C(F)(F)F)C(=O)O. The maximum absolute atomic E-state index is 12.5. The normalized spacial score (nSPS) is 14.1. The number of halogens is 6. The van der Waals surface area contributed by atoms with Crippen molar-refractivity contribution >= 4 is 23.5 Å². The van der Waals surface area contributed by atoms with E-state index in [-0.39, 0.29) is 18.5 Å². The van der Waals surface area contributed by atoms with Crippen molar-refractivity contribution in [2.45, 2.75) is 38.2 Å². The lowest BCUT2D eigenvalue weighted by molar-refractivity contribution is -0.174. The van der Waals surface area contributed by atoms with Crippen molar-refractivity contribution in [1.29, 1.82) is 0 Å². The summed E-state index contributed by atoms with van der Waals surface area (Å²) in [5, 5.41) is 12.2. The molecule has 0 aliphatic rings. The molecule has 2 atom stereocenters. The van der Waals surface area contributed by atoms with Gasteiger partial charge in [-0.15, -0.1) is 0 Å². The Morgan fingerprint density at radius 2 is 1.46 bits per heavy atom. The van der Waals surface area contributed by atoms with Crippen LogP contribution in [0.4, 0.5) is 32.0 Å². The molecule has 0 aliphatic carbocycles. The number of carbonyl (C=O) groups is 3. The second-order valence-corrected chi connectivity index (χ2v) is 6.00. The fourth-order valence-corrected chi connectivity index (χ4v) is 2.20. The lowest BCUT2D eigenvalue weighted by Gasteiger charge is -2.21. The van der Waals surface area contributed by atoms with Crippen molar-refractivity contribution in [2.24, 2.45) is 5.92 Å². The van der Waals surface area contributed by atoms with Crippen LogP contribution in [0, 0.1) is 5.92 Å². The molecule has 2 amide bonds. The van der Waals surface area contributed by atoms with Gasteiger partial charge >= 0.3 is 30.1 Å². The zero-order valence-corrected chi connectivity index (χ0v) is 14.3. The summed E-state index contributed by atoms with van der Waals surface area (Å²) in [6.45, 7) is 1.25. The Labute approximate surface area is 154 Å². The topological polar surface area (TPSA) is 95.5 Å². The number of anilines is 1. The van der Waals surface area contributed by atoms with Crippen LogP contribution < -0.4 is 10.6 Å². The average molecular weight is 414 g/mol. The van der Waals surface area contributed by atoms with Gasteiger partial charge in [0, 0.05) is 11.7 Å². The number of hydrogen-bond donors (Lipinski definition) is 3. The second-order valence-electron chi connectivity index (χ2n) is 6.00. The molecule has 0 aliphatic heterocycles. The fraction of sp³-hybridized carbons (Fsp3) is 0.438. The van der Waals surface area contributed by atoms with Crippen molar-refractivity contribution in [3.8, 4) is 0 Å². The zero-order valence-electron chi connectivity index (χ0n) is 14.3. The summed E-state index contributed by atoms with van der Waals surface area (Å²) in [5.41, 5.74) is 0.121. The summed E-state index contributed by atoms with van der Waals surface area (Å²) in [5.74, 6) is -6.74. The number of carbonyl (C=O) groups excluding carboxylic acids is 2.